The SMILES string of the molecule is COc1ccc(-n2c(=O)c(N=Nc3ccccc3Cl)c(O)n(-c3ccc(Cl)cc3)c2=S)cc1. The molecule has 1 heterocycles. The Bertz CT molecular complexity index is 1460. The Morgan fingerprint density at radius 1 is 0.879 bits per heavy atom. The van der Waals surface area contributed by atoms with Crippen molar-refractivity contribution in [3.8, 4) is 23.0 Å². The number of hydrogen-bond acceptors (Lipinski definition) is 6. The van der Waals surface area contributed by atoms with Gasteiger partial charge in [0.25, 0.3) is 5.56 Å². The molecule has 3 aromatic carbocycles. The third kappa shape index (κ3) is 4.54. The van der Waals surface area contributed by atoms with E-state index in [0.29, 0.717) is 32.9 Å². The quantitative estimate of drug-likeness (QED) is 0.242. The largest absolute Gasteiger partial charge is 0.497 e. The first-order chi connectivity index (χ1) is 15.9. The van der Waals surface area contributed by atoms with Gasteiger partial charge in [0.05, 0.1) is 23.5 Å². The second-order valence-corrected chi connectivity index (χ2v) is 7.97. The van der Waals surface area contributed by atoms with Gasteiger partial charge in [-0.3, -0.25) is 13.9 Å². The number of benzene rings is 3. The van der Waals surface area contributed by atoms with Crippen LogP contribution in [0.15, 0.2) is 87.8 Å². The molecule has 0 saturated heterocycles. The summed E-state index contributed by atoms with van der Waals surface area (Å²) in [6.45, 7) is 0. The maximum absolute atomic E-state index is 13.4. The van der Waals surface area contributed by atoms with Crippen LogP contribution < -0.4 is 10.3 Å². The Hall–Kier alpha value is -3.46. The number of rotatable bonds is 5. The molecule has 0 spiro atoms. The molecule has 7 nitrogen and oxygen atoms in total. The highest BCUT2D eigenvalue weighted by atomic mass is 35.5. The van der Waals surface area contributed by atoms with E-state index in [9.17, 15) is 9.90 Å². The molecule has 1 aromatic heterocycles. The summed E-state index contributed by atoms with van der Waals surface area (Å²) in [5.74, 6) is 0.147. The van der Waals surface area contributed by atoms with Crippen LogP contribution in [0.5, 0.6) is 11.6 Å². The fraction of sp³-hybridized carbons (Fsp3) is 0.0435. The first kappa shape index (κ1) is 22.7. The van der Waals surface area contributed by atoms with Crippen LogP contribution >= 0.6 is 35.4 Å². The van der Waals surface area contributed by atoms with Crippen molar-refractivity contribution in [3.05, 3.63) is 98.0 Å². The molecule has 166 valence electrons. The molecule has 0 saturated carbocycles. The van der Waals surface area contributed by atoms with Gasteiger partial charge in [0, 0.05) is 5.02 Å². The number of aromatic hydroxyl groups is 1. The average molecular weight is 499 g/mol. The van der Waals surface area contributed by atoms with Crippen LogP contribution in [0.4, 0.5) is 11.4 Å². The van der Waals surface area contributed by atoms with Crippen LogP contribution in [0, 0.1) is 4.77 Å². The summed E-state index contributed by atoms with van der Waals surface area (Å²) in [7, 11) is 1.54. The van der Waals surface area contributed by atoms with Crippen molar-refractivity contribution in [3.63, 3.8) is 0 Å². The number of halogens is 2. The number of nitrogens with zero attached hydrogens (tertiary/aromatic N) is 4. The van der Waals surface area contributed by atoms with Crippen LogP contribution in [0.3, 0.4) is 0 Å². The summed E-state index contributed by atoms with van der Waals surface area (Å²) in [5, 5.41) is 20.0. The number of hydrogen-bond donors (Lipinski definition) is 1. The summed E-state index contributed by atoms with van der Waals surface area (Å²) in [5.41, 5.74) is 0.327. The minimum Gasteiger partial charge on any atom is -0.497 e. The van der Waals surface area contributed by atoms with Gasteiger partial charge >= 0.3 is 0 Å². The molecular formula is C23H16Cl2N4O3S. The fourth-order valence-electron chi connectivity index (χ4n) is 3.09. The van der Waals surface area contributed by atoms with E-state index in [-0.39, 0.29) is 10.5 Å². The van der Waals surface area contributed by atoms with Crippen molar-refractivity contribution in [2.45, 2.75) is 0 Å². The normalized spacial score (nSPS) is 11.1. The third-order valence-electron chi connectivity index (χ3n) is 4.74. The zero-order valence-corrected chi connectivity index (χ0v) is 19.5. The lowest BCUT2D eigenvalue weighted by atomic mass is 10.3. The van der Waals surface area contributed by atoms with Gasteiger partial charge in [-0.15, -0.1) is 10.2 Å². The molecule has 0 aliphatic heterocycles. The molecule has 4 aromatic rings. The third-order valence-corrected chi connectivity index (χ3v) is 5.67. The van der Waals surface area contributed by atoms with Crippen molar-refractivity contribution in [1.29, 1.82) is 0 Å². The van der Waals surface area contributed by atoms with E-state index >= 15 is 0 Å². The first-order valence-corrected chi connectivity index (χ1v) is 10.7. The zero-order chi connectivity index (χ0) is 23.5. The van der Waals surface area contributed by atoms with E-state index in [2.05, 4.69) is 10.2 Å². The van der Waals surface area contributed by atoms with Gasteiger partial charge in [-0.1, -0.05) is 35.3 Å². The van der Waals surface area contributed by atoms with Crippen LogP contribution in [-0.2, 0) is 0 Å². The maximum Gasteiger partial charge on any atom is 0.290 e. The van der Waals surface area contributed by atoms with Gasteiger partial charge in [0.2, 0.25) is 11.6 Å². The molecule has 4 rings (SSSR count). The number of ether oxygens (including phenoxy) is 1. The van der Waals surface area contributed by atoms with Crippen LogP contribution in [0.25, 0.3) is 11.4 Å². The Labute approximate surface area is 203 Å². The van der Waals surface area contributed by atoms with E-state index in [1.54, 1.807) is 79.9 Å². The van der Waals surface area contributed by atoms with Gasteiger partial charge in [-0.05, 0) is 72.9 Å². The fourth-order valence-corrected chi connectivity index (χ4v) is 3.77. The van der Waals surface area contributed by atoms with Crippen LogP contribution in [0.1, 0.15) is 0 Å². The molecule has 0 bridgehead atoms. The highest BCUT2D eigenvalue weighted by Crippen LogP contribution is 2.31. The maximum atomic E-state index is 13.4. The van der Waals surface area contributed by atoms with Gasteiger partial charge in [0.15, 0.2) is 4.77 Å². The van der Waals surface area contributed by atoms with Gasteiger partial charge in [0.1, 0.15) is 11.4 Å². The van der Waals surface area contributed by atoms with E-state index in [1.165, 1.54) is 9.13 Å². The molecular weight excluding hydrogens is 483 g/mol. The Morgan fingerprint density at radius 3 is 2.12 bits per heavy atom. The predicted octanol–water partition coefficient (Wildman–Crippen LogP) is 6.79. The van der Waals surface area contributed by atoms with Gasteiger partial charge in [-0.2, -0.15) is 0 Å². The molecule has 0 atom stereocenters. The smallest absolute Gasteiger partial charge is 0.290 e. The lowest BCUT2D eigenvalue weighted by molar-refractivity contribution is 0.414. The molecule has 33 heavy (non-hydrogen) atoms. The second kappa shape index (κ2) is 9.58. The predicted molar refractivity (Wildman–Crippen MR) is 131 cm³/mol. The lowest BCUT2D eigenvalue weighted by Crippen LogP contribution is -2.23. The Balaban J connectivity index is 2.00. The minimum absolute atomic E-state index is 0.0293. The van der Waals surface area contributed by atoms with Crippen molar-refractivity contribution in [2.24, 2.45) is 10.2 Å². The van der Waals surface area contributed by atoms with Crippen LogP contribution in [-0.4, -0.2) is 21.4 Å². The highest BCUT2D eigenvalue weighted by Gasteiger charge is 2.19. The van der Waals surface area contributed by atoms with E-state index in [1.807, 2.05) is 0 Å². The highest BCUT2D eigenvalue weighted by molar-refractivity contribution is 7.71. The van der Waals surface area contributed by atoms with Gasteiger partial charge in [-0.25, -0.2) is 0 Å². The van der Waals surface area contributed by atoms with Crippen molar-refractivity contribution in [1.82, 2.24) is 9.13 Å². The molecule has 0 fully saturated rings. The summed E-state index contributed by atoms with van der Waals surface area (Å²) >= 11 is 17.8. The minimum atomic E-state index is -0.649. The van der Waals surface area contributed by atoms with E-state index in [4.69, 9.17) is 40.2 Å². The van der Waals surface area contributed by atoms with E-state index < -0.39 is 11.4 Å². The summed E-state index contributed by atoms with van der Waals surface area (Å²) in [4.78, 5) is 13.4. The van der Waals surface area contributed by atoms with Crippen molar-refractivity contribution in [2.75, 3.05) is 7.11 Å². The molecule has 10 heteroatoms. The number of aromatic nitrogens is 2. The number of methoxy groups -OCH3 is 1. The monoisotopic (exact) mass is 498 g/mol. The van der Waals surface area contributed by atoms with Crippen molar-refractivity contribution < 1.29 is 9.84 Å². The van der Waals surface area contributed by atoms with Crippen molar-refractivity contribution >= 4 is 46.8 Å². The summed E-state index contributed by atoms with van der Waals surface area (Å²) < 4.78 is 7.80. The topological polar surface area (TPSA) is 81.1 Å². The van der Waals surface area contributed by atoms with Gasteiger partial charge < -0.3 is 9.84 Å². The Morgan fingerprint density at radius 2 is 1.48 bits per heavy atom. The molecule has 1 N–H and O–H groups in total. The zero-order valence-electron chi connectivity index (χ0n) is 17.1. The Kier molecular flexibility index (Phi) is 6.60. The van der Waals surface area contributed by atoms with E-state index in [0.717, 1.165) is 0 Å². The van der Waals surface area contributed by atoms with Crippen LogP contribution in [0.2, 0.25) is 10.0 Å². The lowest BCUT2D eigenvalue weighted by Gasteiger charge is -2.16. The second-order valence-electron chi connectivity index (χ2n) is 6.76. The number of azo groups is 1. The molecule has 0 radical (unpaired) electrons. The molecule has 0 aliphatic carbocycles. The summed E-state index contributed by atoms with van der Waals surface area (Å²) in [6.07, 6.45) is 0. The molecule has 0 amide bonds. The summed E-state index contributed by atoms with van der Waals surface area (Å²) in [6, 6.07) is 20.1. The molecule has 0 unspecified atom stereocenters. The molecule has 0 aliphatic rings. The standard InChI is InChI=1S/C23H16Cl2N4O3S/c1-32-17-12-10-16(11-13-17)29-22(31)20(27-26-19-5-3-2-4-18(19)25)21(30)28(23(29)33)15-8-6-14(24)7-9-15/h2-13,30H,1H3. The first-order valence-electron chi connectivity index (χ1n) is 9.58. The average Bonchev–Trinajstić information content (AvgIpc) is 2.82.